The fourth-order valence-electron chi connectivity index (χ4n) is 1.22. The van der Waals surface area contributed by atoms with E-state index in [2.05, 4.69) is 0 Å². The van der Waals surface area contributed by atoms with E-state index in [1.54, 1.807) is 6.07 Å². The normalized spacial score (nSPS) is 12.8. The van der Waals surface area contributed by atoms with Gasteiger partial charge in [0.25, 0.3) is 0 Å². The molecule has 6 heteroatoms. The first kappa shape index (κ1) is 12.2. The molecule has 1 rings (SSSR count). The zero-order valence-electron chi connectivity index (χ0n) is 8.41. The average Bonchev–Trinajstić information content (AvgIpc) is 2.17. The van der Waals surface area contributed by atoms with Gasteiger partial charge >= 0.3 is 5.97 Å². The minimum absolute atomic E-state index is 0.0499. The summed E-state index contributed by atoms with van der Waals surface area (Å²) in [7, 11) is -3.51. The molecule has 0 radical (unpaired) electrons. The minimum Gasteiger partial charge on any atom is -0.478 e. The second-order valence-electron chi connectivity index (χ2n) is 3.27. The first-order valence-corrected chi connectivity index (χ1v) is 6.23. The topological polar surface area (TPSA) is 95.2 Å². The molecule has 0 saturated heterocycles. The lowest BCUT2D eigenvalue weighted by atomic mass is 10.1. The number of nitrogens with zero attached hydrogens (tertiary/aromatic N) is 1. The second kappa shape index (κ2) is 4.33. The van der Waals surface area contributed by atoms with Gasteiger partial charge in [-0.15, -0.1) is 0 Å². The number of carbonyl (C=O) groups is 1. The summed E-state index contributed by atoms with van der Waals surface area (Å²) in [6.07, 6.45) is 0.964. The van der Waals surface area contributed by atoms with Crippen molar-refractivity contribution in [3.05, 3.63) is 35.4 Å². The molecule has 0 bridgehead atoms. The summed E-state index contributed by atoms with van der Waals surface area (Å²) in [6.45, 7) is 0. The highest BCUT2D eigenvalue weighted by molar-refractivity contribution is 7.91. The standard InChI is InChI=1S/C10H9NO4S/c1-16(14,15)9(6-11)7-2-4-8(5-3-7)10(12)13/h2-5,9H,1H3,(H,12,13). The van der Waals surface area contributed by atoms with Crippen LogP contribution in [0.3, 0.4) is 0 Å². The molecule has 0 aliphatic carbocycles. The van der Waals surface area contributed by atoms with Gasteiger partial charge in [-0.3, -0.25) is 0 Å². The lowest BCUT2D eigenvalue weighted by Gasteiger charge is -2.06. The lowest BCUT2D eigenvalue weighted by molar-refractivity contribution is 0.0697. The molecule has 1 atom stereocenters. The molecule has 0 aliphatic rings. The molecule has 5 nitrogen and oxygen atoms in total. The van der Waals surface area contributed by atoms with Crippen LogP contribution in [0.2, 0.25) is 0 Å². The summed E-state index contributed by atoms with van der Waals surface area (Å²) in [4.78, 5) is 10.6. The molecule has 84 valence electrons. The second-order valence-corrected chi connectivity index (χ2v) is 5.40. The maximum Gasteiger partial charge on any atom is 0.335 e. The zero-order valence-corrected chi connectivity index (χ0v) is 9.23. The SMILES string of the molecule is CS(=O)(=O)C(C#N)c1ccc(C(=O)O)cc1. The number of nitriles is 1. The van der Waals surface area contributed by atoms with Crippen molar-refractivity contribution in [2.75, 3.05) is 6.26 Å². The largest absolute Gasteiger partial charge is 0.478 e. The summed E-state index contributed by atoms with van der Waals surface area (Å²) in [5.41, 5.74) is 0.323. The molecule has 0 amide bonds. The third-order valence-electron chi connectivity index (χ3n) is 2.01. The van der Waals surface area contributed by atoms with Gasteiger partial charge in [0.15, 0.2) is 15.1 Å². The number of carboxylic acid groups (broad SMARTS) is 1. The van der Waals surface area contributed by atoms with Crippen LogP contribution in [0, 0.1) is 11.3 Å². The van der Waals surface area contributed by atoms with Crippen LogP contribution in [-0.4, -0.2) is 25.7 Å². The van der Waals surface area contributed by atoms with Crippen molar-refractivity contribution < 1.29 is 18.3 Å². The molecule has 1 aromatic rings. The van der Waals surface area contributed by atoms with Crippen LogP contribution < -0.4 is 0 Å². The molecule has 0 saturated carbocycles. The maximum atomic E-state index is 11.2. The van der Waals surface area contributed by atoms with Gasteiger partial charge in [-0.05, 0) is 17.7 Å². The Morgan fingerprint density at radius 2 is 1.88 bits per heavy atom. The Hall–Kier alpha value is -1.87. The highest BCUT2D eigenvalue weighted by Crippen LogP contribution is 2.21. The van der Waals surface area contributed by atoms with Crippen molar-refractivity contribution in [3.63, 3.8) is 0 Å². The molecular weight excluding hydrogens is 230 g/mol. The van der Waals surface area contributed by atoms with Crippen LogP contribution in [0.25, 0.3) is 0 Å². The summed E-state index contributed by atoms with van der Waals surface area (Å²) in [5, 5.41) is 16.1. The molecule has 1 unspecified atom stereocenters. The van der Waals surface area contributed by atoms with Gasteiger partial charge in [-0.2, -0.15) is 5.26 Å². The number of sulfone groups is 1. The summed E-state index contributed by atoms with van der Waals surface area (Å²) in [5.74, 6) is -1.10. The molecular formula is C10H9NO4S. The predicted octanol–water partition coefficient (Wildman–Crippen LogP) is 0.994. The van der Waals surface area contributed by atoms with Gasteiger partial charge in [0.2, 0.25) is 0 Å². The van der Waals surface area contributed by atoms with Crippen molar-refractivity contribution in [3.8, 4) is 6.07 Å². The zero-order chi connectivity index (χ0) is 12.3. The van der Waals surface area contributed by atoms with Gasteiger partial charge in [0.1, 0.15) is 0 Å². The molecule has 0 aliphatic heterocycles. The van der Waals surface area contributed by atoms with Crippen molar-refractivity contribution in [1.82, 2.24) is 0 Å². The molecule has 1 N–H and O–H groups in total. The Morgan fingerprint density at radius 1 is 1.38 bits per heavy atom. The Balaban J connectivity index is 3.16. The van der Waals surface area contributed by atoms with Crippen LogP contribution in [-0.2, 0) is 9.84 Å². The molecule has 1 aromatic carbocycles. The van der Waals surface area contributed by atoms with Crippen molar-refractivity contribution in [1.29, 1.82) is 5.26 Å². The number of rotatable bonds is 3. The Morgan fingerprint density at radius 3 is 2.19 bits per heavy atom. The van der Waals surface area contributed by atoms with Crippen molar-refractivity contribution >= 4 is 15.8 Å². The van der Waals surface area contributed by atoms with Crippen molar-refractivity contribution in [2.24, 2.45) is 0 Å². The van der Waals surface area contributed by atoms with E-state index >= 15 is 0 Å². The van der Waals surface area contributed by atoms with Crippen LogP contribution >= 0.6 is 0 Å². The molecule has 0 spiro atoms. The minimum atomic E-state index is -3.51. The van der Waals surface area contributed by atoms with Crippen LogP contribution in [0.4, 0.5) is 0 Å². The fraction of sp³-hybridized carbons (Fsp3) is 0.200. The van der Waals surface area contributed by atoms with E-state index in [-0.39, 0.29) is 11.1 Å². The van der Waals surface area contributed by atoms with Gasteiger partial charge in [0, 0.05) is 6.26 Å². The lowest BCUT2D eigenvalue weighted by Crippen LogP contribution is -2.09. The number of hydrogen-bond acceptors (Lipinski definition) is 4. The first-order valence-electron chi connectivity index (χ1n) is 4.28. The Bertz CT molecular complexity index is 539. The van der Waals surface area contributed by atoms with Crippen LogP contribution in [0.1, 0.15) is 21.2 Å². The van der Waals surface area contributed by atoms with E-state index in [0.29, 0.717) is 0 Å². The third kappa shape index (κ3) is 2.58. The van der Waals surface area contributed by atoms with Crippen LogP contribution in [0.5, 0.6) is 0 Å². The number of aromatic carboxylic acids is 1. The summed E-state index contributed by atoms with van der Waals surface area (Å²) in [6, 6.07) is 6.88. The smallest absolute Gasteiger partial charge is 0.335 e. The Labute approximate surface area is 92.9 Å². The number of benzene rings is 1. The predicted molar refractivity (Wildman–Crippen MR) is 56.6 cm³/mol. The summed E-state index contributed by atoms with van der Waals surface area (Å²) >= 11 is 0. The number of carboxylic acids is 1. The Kier molecular flexibility index (Phi) is 3.30. The van der Waals surface area contributed by atoms with Gasteiger partial charge < -0.3 is 5.11 Å². The van der Waals surface area contributed by atoms with E-state index in [9.17, 15) is 13.2 Å². The van der Waals surface area contributed by atoms with E-state index in [1.165, 1.54) is 24.3 Å². The van der Waals surface area contributed by atoms with Gasteiger partial charge in [-0.1, -0.05) is 12.1 Å². The van der Waals surface area contributed by atoms with E-state index < -0.39 is 21.1 Å². The van der Waals surface area contributed by atoms with E-state index in [1.807, 2.05) is 0 Å². The molecule has 0 fully saturated rings. The summed E-state index contributed by atoms with van der Waals surface area (Å²) < 4.78 is 22.5. The maximum absolute atomic E-state index is 11.2. The highest BCUT2D eigenvalue weighted by atomic mass is 32.2. The van der Waals surface area contributed by atoms with Crippen molar-refractivity contribution in [2.45, 2.75) is 5.25 Å². The molecule has 0 aromatic heterocycles. The monoisotopic (exact) mass is 239 g/mol. The molecule has 16 heavy (non-hydrogen) atoms. The molecule has 0 heterocycles. The van der Waals surface area contributed by atoms with Gasteiger partial charge in [0.05, 0.1) is 11.6 Å². The highest BCUT2D eigenvalue weighted by Gasteiger charge is 2.22. The first-order chi connectivity index (χ1) is 7.36. The van der Waals surface area contributed by atoms with Crippen LogP contribution in [0.15, 0.2) is 24.3 Å². The fourth-order valence-corrected chi connectivity index (χ4v) is 2.06. The van der Waals surface area contributed by atoms with E-state index in [4.69, 9.17) is 10.4 Å². The quantitative estimate of drug-likeness (QED) is 0.848. The average molecular weight is 239 g/mol. The number of hydrogen-bond donors (Lipinski definition) is 1. The van der Waals surface area contributed by atoms with E-state index in [0.717, 1.165) is 6.26 Å². The van der Waals surface area contributed by atoms with Gasteiger partial charge in [-0.25, -0.2) is 13.2 Å². The third-order valence-corrected chi connectivity index (χ3v) is 3.24.